The van der Waals surface area contributed by atoms with Crippen molar-refractivity contribution >= 4 is 44.9 Å². The summed E-state index contributed by atoms with van der Waals surface area (Å²) >= 11 is 1.42. The number of nitrogens with one attached hydrogen (secondary N) is 1. The molecule has 1 N–H and O–H groups in total. The highest BCUT2D eigenvalue weighted by Gasteiger charge is 2.32. The molecule has 148 valence electrons. The number of rotatable bonds is 6. The number of carbonyl (C=O) groups excluding carboxylic acids is 2. The van der Waals surface area contributed by atoms with Crippen LogP contribution in [0.5, 0.6) is 0 Å². The van der Waals surface area contributed by atoms with Crippen molar-refractivity contribution < 1.29 is 18.0 Å². The van der Waals surface area contributed by atoms with Gasteiger partial charge in [-0.15, -0.1) is 11.8 Å². The Morgan fingerprint density at radius 3 is 2.46 bits per heavy atom. The van der Waals surface area contributed by atoms with Crippen LogP contribution < -0.4 is 9.62 Å². The molecule has 0 bridgehead atoms. The standard InChI is InChI=1S/C20H22N2O4S2/c1-13-10-16-11-15(4-9-19(16)22(13)28(3,25)26)20(24)12-27-18-7-5-17(6-8-18)21-14(2)23/h4-9,11,13H,10,12H2,1-3H3,(H,21,23)/t13-/m1/s1. The Morgan fingerprint density at radius 2 is 1.86 bits per heavy atom. The number of sulfonamides is 1. The van der Waals surface area contributed by atoms with Crippen LogP contribution in [0.25, 0.3) is 0 Å². The van der Waals surface area contributed by atoms with E-state index < -0.39 is 10.0 Å². The molecule has 1 aliphatic rings. The Bertz CT molecular complexity index is 1020. The lowest BCUT2D eigenvalue weighted by Crippen LogP contribution is -2.34. The van der Waals surface area contributed by atoms with E-state index in [0.29, 0.717) is 23.4 Å². The Hall–Kier alpha value is -2.32. The van der Waals surface area contributed by atoms with Gasteiger partial charge in [0.25, 0.3) is 0 Å². The summed E-state index contributed by atoms with van der Waals surface area (Å²) in [6, 6.07) is 12.4. The number of benzene rings is 2. The van der Waals surface area contributed by atoms with Crippen LogP contribution in [0.1, 0.15) is 29.8 Å². The first kappa shape index (κ1) is 20.4. The molecule has 3 rings (SSSR count). The zero-order valence-electron chi connectivity index (χ0n) is 15.9. The third kappa shape index (κ3) is 4.56. The van der Waals surface area contributed by atoms with Gasteiger partial charge < -0.3 is 5.32 Å². The summed E-state index contributed by atoms with van der Waals surface area (Å²) in [6.07, 6.45) is 1.80. The topological polar surface area (TPSA) is 83.6 Å². The summed E-state index contributed by atoms with van der Waals surface area (Å²) in [5, 5.41) is 2.70. The number of hydrogen-bond acceptors (Lipinski definition) is 5. The summed E-state index contributed by atoms with van der Waals surface area (Å²) in [4.78, 5) is 24.6. The molecule has 28 heavy (non-hydrogen) atoms. The first-order valence-corrected chi connectivity index (χ1v) is 11.6. The molecule has 1 amide bonds. The van der Waals surface area contributed by atoms with E-state index >= 15 is 0 Å². The maximum atomic E-state index is 12.6. The molecule has 0 unspecified atom stereocenters. The van der Waals surface area contributed by atoms with Crippen LogP contribution in [0.15, 0.2) is 47.4 Å². The van der Waals surface area contributed by atoms with Gasteiger partial charge in [-0.3, -0.25) is 13.9 Å². The number of hydrogen-bond donors (Lipinski definition) is 1. The zero-order chi connectivity index (χ0) is 20.5. The van der Waals surface area contributed by atoms with Gasteiger partial charge in [0.05, 0.1) is 17.7 Å². The van der Waals surface area contributed by atoms with Gasteiger partial charge >= 0.3 is 0 Å². The summed E-state index contributed by atoms with van der Waals surface area (Å²) in [5.41, 5.74) is 2.84. The molecule has 1 aliphatic heterocycles. The Morgan fingerprint density at radius 1 is 1.18 bits per heavy atom. The molecular formula is C20H22N2O4S2. The Kier molecular flexibility index (Phi) is 5.81. The van der Waals surface area contributed by atoms with Crippen molar-refractivity contribution in [1.29, 1.82) is 0 Å². The molecule has 0 saturated carbocycles. The summed E-state index contributed by atoms with van der Waals surface area (Å²) in [6.45, 7) is 3.32. The average molecular weight is 419 g/mol. The molecule has 1 atom stereocenters. The van der Waals surface area contributed by atoms with Crippen LogP contribution in [0.4, 0.5) is 11.4 Å². The smallest absolute Gasteiger partial charge is 0.232 e. The molecule has 2 aromatic rings. The summed E-state index contributed by atoms with van der Waals surface area (Å²) in [5.74, 6) is 0.143. The van der Waals surface area contributed by atoms with E-state index in [0.717, 1.165) is 10.5 Å². The lowest BCUT2D eigenvalue weighted by atomic mass is 10.0. The normalized spacial score (nSPS) is 16.0. The molecule has 1 heterocycles. The molecule has 0 aliphatic carbocycles. The zero-order valence-corrected chi connectivity index (χ0v) is 17.6. The van der Waals surface area contributed by atoms with E-state index in [-0.39, 0.29) is 23.5 Å². The quantitative estimate of drug-likeness (QED) is 0.575. The number of carbonyl (C=O) groups is 2. The van der Waals surface area contributed by atoms with E-state index in [4.69, 9.17) is 0 Å². The molecule has 6 nitrogen and oxygen atoms in total. The highest BCUT2D eigenvalue weighted by atomic mass is 32.2. The van der Waals surface area contributed by atoms with Crippen LogP contribution in [-0.4, -0.2) is 38.2 Å². The minimum Gasteiger partial charge on any atom is -0.326 e. The molecule has 0 fully saturated rings. The third-order valence-corrected chi connectivity index (χ3v) is 6.74. The van der Waals surface area contributed by atoms with Crippen molar-refractivity contribution in [2.75, 3.05) is 21.6 Å². The maximum absolute atomic E-state index is 12.6. The molecular weight excluding hydrogens is 396 g/mol. The van der Waals surface area contributed by atoms with Crippen LogP contribution in [0, 0.1) is 0 Å². The number of ketones is 1. The second-order valence-electron chi connectivity index (χ2n) is 6.87. The maximum Gasteiger partial charge on any atom is 0.232 e. The van der Waals surface area contributed by atoms with Crippen molar-refractivity contribution in [3.8, 4) is 0 Å². The van der Waals surface area contributed by atoms with E-state index in [2.05, 4.69) is 5.32 Å². The van der Waals surface area contributed by atoms with Gasteiger partial charge in [0.15, 0.2) is 5.78 Å². The molecule has 8 heteroatoms. The van der Waals surface area contributed by atoms with Crippen LogP contribution in [0.2, 0.25) is 0 Å². The first-order chi connectivity index (χ1) is 13.1. The highest BCUT2D eigenvalue weighted by molar-refractivity contribution is 8.00. The van der Waals surface area contributed by atoms with Gasteiger partial charge in [0.2, 0.25) is 15.9 Å². The Labute approximate surface area is 169 Å². The third-order valence-electron chi connectivity index (χ3n) is 4.46. The van der Waals surface area contributed by atoms with Crippen LogP contribution in [-0.2, 0) is 21.2 Å². The van der Waals surface area contributed by atoms with Gasteiger partial charge in [0.1, 0.15) is 0 Å². The Balaban J connectivity index is 1.68. The van der Waals surface area contributed by atoms with Crippen molar-refractivity contribution in [2.24, 2.45) is 0 Å². The lowest BCUT2D eigenvalue weighted by molar-refractivity contribution is -0.114. The van der Waals surface area contributed by atoms with Gasteiger partial charge in [-0.2, -0.15) is 0 Å². The SMILES string of the molecule is CC(=O)Nc1ccc(SCC(=O)c2ccc3c(c2)C[C@@H](C)N3S(C)(=O)=O)cc1. The molecule has 0 spiro atoms. The highest BCUT2D eigenvalue weighted by Crippen LogP contribution is 2.35. The number of fused-ring (bicyclic) bond motifs is 1. The lowest BCUT2D eigenvalue weighted by Gasteiger charge is -2.21. The van der Waals surface area contributed by atoms with Crippen LogP contribution in [0.3, 0.4) is 0 Å². The summed E-state index contributed by atoms with van der Waals surface area (Å²) < 4.78 is 25.4. The van der Waals surface area contributed by atoms with E-state index in [1.807, 2.05) is 19.1 Å². The predicted molar refractivity (Wildman–Crippen MR) is 113 cm³/mol. The number of nitrogens with zero attached hydrogens (tertiary/aromatic N) is 1. The van der Waals surface area contributed by atoms with E-state index in [9.17, 15) is 18.0 Å². The fraction of sp³-hybridized carbons (Fsp3) is 0.300. The minimum atomic E-state index is -3.34. The van der Waals surface area contributed by atoms with Gasteiger partial charge in [0, 0.05) is 29.1 Å². The minimum absolute atomic E-state index is 0.0100. The van der Waals surface area contributed by atoms with E-state index in [1.165, 1.54) is 29.2 Å². The van der Waals surface area contributed by atoms with Crippen molar-refractivity contribution in [3.05, 3.63) is 53.6 Å². The van der Waals surface area contributed by atoms with Crippen molar-refractivity contribution in [1.82, 2.24) is 0 Å². The van der Waals surface area contributed by atoms with E-state index in [1.54, 1.807) is 30.3 Å². The van der Waals surface area contributed by atoms with Crippen molar-refractivity contribution in [3.63, 3.8) is 0 Å². The molecule has 0 aromatic heterocycles. The number of anilines is 2. The first-order valence-electron chi connectivity index (χ1n) is 8.81. The van der Waals surface area contributed by atoms with Gasteiger partial charge in [-0.25, -0.2) is 8.42 Å². The van der Waals surface area contributed by atoms with Crippen LogP contribution >= 0.6 is 11.8 Å². The fourth-order valence-electron chi connectivity index (χ4n) is 3.35. The average Bonchev–Trinajstić information content (AvgIpc) is 2.95. The monoisotopic (exact) mass is 418 g/mol. The fourth-order valence-corrected chi connectivity index (χ4v) is 5.41. The van der Waals surface area contributed by atoms with Gasteiger partial charge in [-0.1, -0.05) is 0 Å². The second kappa shape index (κ2) is 7.97. The molecule has 2 aromatic carbocycles. The van der Waals surface area contributed by atoms with Gasteiger partial charge in [-0.05, 0) is 61.4 Å². The second-order valence-corrected chi connectivity index (χ2v) is 9.78. The number of thioether (sulfide) groups is 1. The predicted octanol–water partition coefficient (Wildman–Crippen LogP) is 3.33. The number of amides is 1. The molecule has 0 radical (unpaired) electrons. The number of Topliss-reactive ketones (excluding diaryl/α,β-unsaturated/α-hetero) is 1. The molecule has 0 saturated heterocycles. The van der Waals surface area contributed by atoms with Crippen molar-refractivity contribution in [2.45, 2.75) is 31.2 Å². The summed E-state index contributed by atoms with van der Waals surface area (Å²) in [7, 11) is -3.34. The largest absolute Gasteiger partial charge is 0.326 e.